The summed E-state index contributed by atoms with van der Waals surface area (Å²) in [6.07, 6.45) is 1.32. The van der Waals surface area contributed by atoms with Crippen molar-refractivity contribution >= 4 is 11.8 Å². The van der Waals surface area contributed by atoms with Gasteiger partial charge in [-0.25, -0.2) is 0 Å². The summed E-state index contributed by atoms with van der Waals surface area (Å²) in [4.78, 5) is 2.53. The Morgan fingerprint density at radius 3 is 3.00 bits per heavy atom. The molecule has 2 atom stereocenters. The lowest BCUT2D eigenvalue weighted by Gasteiger charge is -2.31. The maximum atomic E-state index is 5.65. The third-order valence-corrected chi connectivity index (χ3v) is 3.89. The van der Waals surface area contributed by atoms with Crippen LogP contribution < -0.4 is 5.73 Å². The summed E-state index contributed by atoms with van der Waals surface area (Å²) in [5.41, 5.74) is 5.65. The number of nitrogens with zero attached hydrogens (tertiary/aromatic N) is 1. The average Bonchev–Trinajstić information content (AvgIpc) is 2.24. The Morgan fingerprint density at radius 2 is 2.40 bits per heavy atom. The molecule has 0 aliphatic carbocycles. The van der Waals surface area contributed by atoms with Crippen molar-refractivity contribution in [3.63, 3.8) is 0 Å². The normalized spacial score (nSPS) is 25.4. The molecule has 2 N–H and O–H groups in total. The van der Waals surface area contributed by atoms with Crippen LogP contribution in [0, 0.1) is 0 Å². The van der Waals surface area contributed by atoms with Gasteiger partial charge in [0.2, 0.25) is 0 Å². The van der Waals surface area contributed by atoms with E-state index < -0.39 is 0 Å². The van der Waals surface area contributed by atoms with Crippen LogP contribution in [0.3, 0.4) is 0 Å². The number of hydrogen-bond donors (Lipinski definition) is 1. The van der Waals surface area contributed by atoms with Crippen LogP contribution in [0.5, 0.6) is 0 Å². The van der Waals surface area contributed by atoms with E-state index in [1.54, 1.807) is 0 Å². The van der Waals surface area contributed by atoms with Gasteiger partial charge in [-0.3, -0.25) is 0 Å². The van der Waals surface area contributed by atoms with Crippen LogP contribution in [0.2, 0.25) is 0 Å². The third kappa shape index (κ3) is 5.20. The second kappa shape index (κ2) is 7.49. The lowest BCUT2D eigenvalue weighted by atomic mass is 10.2. The van der Waals surface area contributed by atoms with Crippen LogP contribution in [-0.4, -0.2) is 54.8 Å². The third-order valence-electron chi connectivity index (χ3n) is 2.76. The zero-order chi connectivity index (χ0) is 11.1. The van der Waals surface area contributed by atoms with E-state index in [-0.39, 0.29) is 6.10 Å². The van der Waals surface area contributed by atoms with Gasteiger partial charge in [-0.05, 0) is 13.3 Å². The summed E-state index contributed by atoms with van der Waals surface area (Å²) in [7, 11) is 0. The lowest BCUT2D eigenvalue weighted by Crippen LogP contribution is -2.39. The van der Waals surface area contributed by atoms with E-state index in [0.29, 0.717) is 6.54 Å². The predicted molar refractivity (Wildman–Crippen MR) is 67.4 cm³/mol. The van der Waals surface area contributed by atoms with Crippen LogP contribution in [-0.2, 0) is 4.74 Å². The molecule has 1 rings (SSSR count). The highest BCUT2D eigenvalue weighted by Crippen LogP contribution is 2.18. The number of rotatable bonds is 6. The Kier molecular flexibility index (Phi) is 6.64. The molecule has 90 valence electrons. The molecule has 0 aromatic rings. The summed E-state index contributed by atoms with van der Waals surface area (Å²) < 4.78 is 5.55. The predicted octanol–water partition coefficient (Wildman–Crippen LogP) is 1.18. The van der Waals surface area contributed by atoms with Gasteiger partial charge in [0.05, 0.1) is 6.10 Å². The molecule has 1 fully saturated rings. The van der Waals surface area contributed by atoms with E-state index in [0.717, 1.165) is 24.8 Å². The van der Waals surface area contributed by atoms with Crippen molar-refractivity contribution in [2.45, 2.75) is 31.6 Å². The molecule has 0 spiro atoms. The van der Waals surface area contributed by atoms with E-state index >= 15 is 0 Å². The first-order valence-corrected chi connectivity index (χ1v) is 6.96. The summed E-state index contributed by atoms with van der Waals surface area (Å²) in [6, 6.07) is 0. The van der Waals surface area contributed by atoms with Gasteiger partial charge in [0.25, 0.3) is 0 Å². The fourth-order valence-electron chi connectivity index (χ4n) is 1.93. The Balaban J connectivity index is 2.16. The van der Waals surface area contributed by atoms with Crippen molar-refractivity contribution in [3.05, 3.63) is 0 Å². The minimum atomic E-state index is 0.250. The molecule has 1 heterocycles. The molecular formula is C11H24N2OS. The second-order valence-corrected chi connectivity index (χ2v) is 5.63. The van der Waals surface area contributed by atoms with Gasteiger partial charge in [0.15, 0.2) is 0 Å². The molecule has 0 aromatic heterocycles. The van der Waals surface area contributed by atoms with Gasteiger partial charge >= 0.3 is 0 Å². The van der Waals surface area contributed by atoms with E-state index in [2.05, 4.69) is 23.6 Å². The Bertz CT molecular complexity index is 169. The highest BCUT2D eigenvalue weighted by atomic mass is 32.2. The first-order chi connectivity index (χ1) is 7.26. The van der Waals surface area contributed by atoms with E-state index in [1.807, 2.05) is 6.92 Å². The molecule has 4 heteroatoms. The molecule has 2 unspecified atom stereocenters. The van der Waals surface area contributed by atoms with Crippen LogP contribution in [0.25, 0.3) is 0 Å². The number of nitrogens with two attached hydrogens (primary N) is 1. The van der Waals surface area contributed by atoms with E-state index in [4.69, 9.17) is 10.5 Å². The van der Waals surface area contributed by atoms with Crippen LogP contribution >= 0.6 is 11.8 Å². The van der Waals surface area contributed by atoms with Crippen molar-refractivity contribution in [1.29, 1.82) is 0 Å². The molecule has 0 aromatic carbocycles. The van der Waals surface area contributed by atoms with E-state index in [1.165, 1.54) is 18.8 Å². The Labute approximate surface area is 97.7 Å². The topological polar surface area (TPSA) is 38.5 Å². The molecule has 1 aliphatic rings. The highest BCUT2D eigenvalue weighted by Gasteiger charge is 2.17. The molecular weight excluding hydrogens is 208 g/mol. The van der Waals surface area contributed by atoms with E-state index in [9.17, 15) is 0 Å². The molecule has 0 bridgehead atoms. The van der Waals surface area contributed by atoms with Gasteiger partial charge in [-0.15, -0.1) is 0 Å². The maximum Gasteiger partial charge on any atom is 0.0709 e. The van der Waals surface area contributed by atoms with Crippen molar-refractivity contribution in [2.75, 3.05) is 38.5 Å². The molecule has 0 saturated carbocycles. The Hall–Kier alpha value is 0.230. The van der Waals surface area contributed by atoms with Gasteiger partial charge < -0.3 is 15.4 Å². The number of ether oxygens (including phenoxy) is 1. The standard InChI is InChI=1S/C11H24N2OS/c1-3-14-11(8-12)4-5-13-6-7-15-10(2)9-13/h10-11H,3-9,12H2,1-2H3. The monoisotopic (exact) mass is 232 g/mol. The van der Waals surface area contributed by atoms with Crippen LogP contribution in [0.15, 0.2) is 0 Å². The molecule has 3 nitrogen and oxygen atoms in total. The summed E-state index contributed by atoms with van der Waals surface area (Å²) in [5.74, 6) is 1.27. The van der Waals surface area contributed by atoms with Gasteiger partial charge in [0.1, 0.15) is 0 Å². The van der Waals surface area contributed by atoms with Gasteiger partial charge in [0, 0.05) is 43.8 Å². The lowest BCUT2D eigenvalue weighted by molar-refractivity contribution is 0.0547. The van der Waals surface area contributed by atoms with Crippen molar-refractivity contribution in [2.24, 2.45) is 5.73 Å². The fourth-order valence-corrected chi connectivity index (χ4v) is 3.01. The van der Waals surface area contributed by atoms with Crippen molar-refractivity contribution < 1.29 is 4.74 Å². The molecule has 1 aliphatic heterocycles. The summed E-state index contributed by atoms with van der Waals surface area (Å²) in [5, 5.41) is 0.780. The SMILES string of the molecule is CCOC(CN)CCN1CCSC(C)C1. The smallest absolute Gasteiger partial charge is 0.0709 e. The quantitative estimate of drug-likeness (QED) is 0.746. The highest BCUT2D eigenvalue weighted by molar-refractivity contribution is 7.99. The van der Waals surface area contributed by atoms with Crippen LogP contribution in [0.1, 0.15) is 20.3 Å². The first-order valence-electron chi connectivity index (χ1n) is 5.91. The van der Waals surface area contributed by atoms with Crippen molar-refractivity contribution in [3.8, 4) is 0 Å². The maximum absolute atomic E-state index is 5.65. The summed E-state index contributed by atoms with van der Waals surface area (Å²) in [6.45, 7) is 9.32. The largest absolute Gasteiger partial charge is 0.377 e. The average molecular weight is 232 g/mol. The zero-order valence-corrected chi connectivity index (χ0v) is 10.8. The zero-order valence-electron chi connectivity index (χ0n) is 9.95. The second-order valence-electron chi connectivity index (χ2n) is 4.08. The minimum Gasteiger partial charge on any atom is -0.377 e. The first kappa shape index (κ1) is 13.3. The van der Waals surface area contributed by atoms with Gasteiger partial charge in [-0.2, -0.15) is 11.8 Å². The Morgan fingerprint density at radius 1 is 1.60 bits per heavy atom. The van der Waals surface area contributed by atoms with Crippen LogP contribution in [0.4, 0.5) is 0 Å². The number of thioether (sulfide) groups is 1. The molecule has 0 amide bonds. The van der Waals surface area contributed by atoms with Crippen molar-refractivity contribution in [1.82, 2.24) is 4.90 Å². The molecule has 1 saturated heterocycles. The molecule has 0 radical (unpaired) electrons. The summed E-state index contributed by atoms with van der Waals surface area (Å²) >= 11 is 2.07. The minimum absolute atomic E-state index is 0.250. The molecule has 15 heavy (non-hydrogen) atoms. The number of hydrogen-bond acceptors (Lipinski definition) is 4. The van der Waals surface area contributed by atoms with Gasteiger partial charge in [-0.1, -0.05) is 6.92 Å². The fraction of sp³-hybridized carbons (Fsp3) is 1.00.